The zero-order valence-corrected chi connectivity index (χ0v) is 15.4. The van der Waals surface area contributed by atoms with Gasteiger partial charge in [0.2, 0.25) is 0 Å². The molecule has 1 aliphatic heterocycles. The van der Waals surface area contributed by atoms with E-state index >= 15 is 0 Å². The molecule has 1 amide bonds. The molecule has 1 aromatic carbocycles. The third-order valence-corrected chi connectivity index (χ3v) is 4.92. The molecule has 148 valence electrons. The number of thiazole rings is 1. The molecule has 3 heterocycles. The number of aromatic nitrogens is 3. The van der Waals surface area contributed by atoms with E-state index in [0.29, 0.717) is 42.9 Å². The standard InChI is InChI=1S/C17H16F3N5O2S/c18-17(19,20)9-25-13-3-1-2-12(24-4-6-27-7-5-24)14(13)15(23-25)22-16(26)11-8-28-10-21-11/h1-3,8,10H,4-7,9H2,(H,22,23,26). The Kier molecular flexibility index (Phi) is 4.94. The first-order valence-electron chi connectivity index (χ1n) is 8.51. The van der Waals surface area contributed by atoms with Gasteiger partial charge in [0.1, 0.15) is 12.2 Å². The van der Waals surface area contributed by atoms with Gasteiger partial charge >= 0.3 is 6.18 Å². The van der Waals surface area contributed by atoms with E-state index in [4.69, 9.17) is 4.74 Å². The summed E-state index contributed by atoms with van der Waals surface area (Å²) in [6, 6.07) is 5.07. The van der Waals surface area contributed by atoms with Gasteiger partial charge in [-0.05, 0) is 12.1 Å². The quantitative estimate of drug-likeness (QED) is 0.714. The van der Waals surface area contributed by atoms with Crippen molar-refractivity contribution in [3.8, 4) is 0 Å². The van der Waals surface area contributed by atoms with Crippen molar-refractivity contribution in [3.05, 3.63) is 34.8 Å². The predicted octanol–water partition coefficient (Wildman–Crippen LogP) is 3.14. The molecule has 0 saturated carbocycles. The molecule has 1 aliphatic rings. The molecule has 4 rings (SSSR count). The van der Waals surface area contributed by atoms with E-state index in [1.807, 2.05) is 11.0 Å². The van der Waals surface area contributed by atoms with Crippen LogP contribution in [-0.2, 0) is 11.3 Å². The van der Waals surface area contributed by atoms with Crippen molar-refractivity contribution < 1.29 is 22.7 Å². The summed E-state index contributed by atoms with van der Waals surface area (Å²) < 4.78 is 45.3. The summed E-state index contributed by atoms with van der Waals surface area (Å²) in [6.45, 7) is 0.996. The average Bonchev–Trinajstić information content (AvgIpc) is 3.30. The Labute approximate surface area is 161 Å². The molecule has 0 bridgehead atoms. The summed E-state index contributed by atoms with van der Waals surface area (Å²) in [4.78, 5) is 18.4. The van der Waals surface area contributed by atoms with Crippen LogP contribution in [0.2, 0.25) is 0 Å². The van der Waals surface area contributed by atoms with Crippen molar-refractivity contribution in [1.82, 2.24) is 14.8 Å². The Morgan fingerprint density at radius 3 is 2.75 bits per heavy atom. The number of nitrogens with one attached hydrogen (secondary N) is 1. The zero-order chi connectivity index (χ0) is 19.7. The molecular weight excluding hydrogens is 395 g/mol. The van der Waals surface area contributed by atoms with Gasteiger partial charge in [-0.2, -0.15) is 18.3 Å². The smallest absolute Gasteiger partial charge is 0.378 e. The van der Waals surface area contributed by atoms with Crippen LogP contribution < -0.4 is 10.2 Å². The van der Waals surface area contributed by atoms with Crippen LogP contribution in [0, 0.1) is 0 Å². The Hall–Kier alpha value is -2.66. The van der Waals surface area contributed by atoms with Crippen molar-refractivity contribution in [3.63, 3.8) is 0 Å². The van der Waals surface area contributed by atoms with Crippen LogP contribution in [0.3, 0.4) is 0 Å². The normalized spacial score (nSPS) is 15.2. The third-order valence-electron chi connectivity index (χ3n) is 4.33. The summed E-state index contributed by atoms with van der Waals surface area (Å²) in [5, 5.41) is 8.72. The zero-order valence-electron chi connectivity index (χ0n) is 14.6. The number of morpholine rings is 1. The minimum absolute atomic E-state index is 0.0827. The second kappa shape index (κ2) is 7.40. The van der Waals surface area contributed by atoms with E-state index < -0.39 is 18.6 Å². The van der Waals surface area contributed by atoms with E-state index in [9.17, 15) is 18.0 Å². The van der Waals surface area contributed by atoms with Crippen molar-refractivity contribution in [2.24, 2.45) is 0 Å². The lowest BCUT2D eigenvalue weighted by molar-refractivity contribution is -0.141. The van der Waals surface area contributed by atoms with Crippen molar-refractivity contribution in [1.29, 1.82) is 0 Å². The Morgan fingerprint density at radius 2 is 2.07 bits per heavy atom. The largest absolute Gasteiger partial charge is 0.408 e. The average molecular weight is 411 g/mol. The molecule has 1 saturated heterocycles. The van der Waals surface area contributed by atoms with Crippen molar-refractivity contribution >= 4 is 39.7 Å². The van der Waals surface area contributed by atoms with Gasteiger partial charge in [0.05, 0.1) is 35.3 Å². The van der Waals surface area contributed by atoms with Crippen LogP contribution in [0.15, 0.2) is 29.1 Å². The van der Waals surface area contributed by atoms with Crippen molar-refractivity contribution in [2.45, 2.75) is 12.7 Å². The molecule has 3 aromatic rings. The Morgan fingerprint density at radius 1 is 1.29 bits per heavy atom. The molecule has 1 N–H and O–H groups in total. The van der Waals surface area contributed by atoms with Gasteiger partial charge < -0.3 is 15.0 Å². The number of halogens is 3. The molecule has 7 nitrogen and oxygen atoms in total. The highest BCUT2D eigenvalue weighted by molar-refractivity contribution is 7.07. The number of amides is 1. The number of benzene rings is 1. The van der Waals surface area contributed by atoms with Crippen LogP contribution in [0.4, 0.5) is 24.7 Å². The molecule has 0 spiro atoms. The van der Waals surface area contributed by atoms with E-state index in [2.05, 4.69) is 15.4 Å². The number of carbonyl (C=O) groups excluding carboxylic acids is 1. The number of alkyl halides is 3. The van der Waals surface area contributed by atoms with E-state index in [-0.39, 0.29) is 11.5 Å². The summed E-state index contributed by atoms with van der Waals surface area (Å²) in [5.74, 6) is -0.434. The number of fused-ring (bicyclic) bond motifs is 1. The van der Waals surface area contributed by atoms with Crippen LogP contribution >= 0.6 is 11.3 Å². The topological polar surface area (TPSA) is 72.3 Å². The van der Waals surface area contributed by atoms with E-state index in [1.165, 1.54) is 16.8 Å². The molecule has 0 aliphatic carbocycles. The summed E-state index contributed by atoms with van der Waals surface area (Å²) >= 11 is 1.25. The summed E-state index contributed by atoms with van der Waals surface area (Å²) in [6.07, 6.45) is -4.44. The van der Waals surface area contributed by atoms with Gasteiger partial charge in [0.15, 0.2) is 5.82 Å². The van der Waals surface area contributed by atoms with Crippen LogP contribution in [0.25, 0.3) is 10.9 Å². The summed E-state index contributed by atoms with van der Waals surface area (Å²) in [5.41, 5.74) is 2.71. The maximum absolute atomic E-state index is 13.0. The fourth-order valence-corrected chi connectivity index (χ4v) is 3.68. The SMILES string of the molecule is O=C(Nc1nn(CC(F)(F)F)c2cccc(N3CCOCC3)c12)c1cscn1. The van der Waals surface area contributed by atoms with Gasteiger partial charge in [-0.3, -0.25) is 9.48 Å². The van der Waals surface area contributed by atoms with Crippen LogP contribution in [0.5, 0.6) is 0 Å². The third kappa shape index (κ3) is 3.80. The molecule has 28 heavy (non-hydrogen) atoms. The number of hydrogen-bond acceptors (Lipinski definition) is 6. The second-order valence-corrected chi connectivity index (χ2v) is 6.94. The lowest BCUT2D eigenvalue weighted by Crippen LogP contribution is -2.36. The van der Waals surface area contributed by atoms with Gasteiger partial charge in [0, 0.05) is 18.5 Å². The van der Waals surface area contributed by atoms with Crippen LogP contribution in [-0.4, -0.2) is 53.2 Å². The number of anilines is 2. The summed E-state index contributed by atoms with van der Waals surface area (Å²) in [7, 11) is 0. The van der Waals surface area contributed by atoms with Gasteiger partial charge in [-0.15, -0.1) is 11.3 Å². The first-order chi connectivity index (χ1) is 13.4. The Balaban J connectivity index is 1.80. The highest BCUT2D eigenvalue weighted by atomic mass is 32.1. The second-order valence-electron chi connectivity index (χ2n) is 6.22. The maximum atomic E-state index is 13.0. The van der Waals surface area contributed by atoms with Crippen molar-refractivity contribution in [2.75, 3.05) is 36.5 Å². The molecule has 2 aromatic heterocycles. The van der Waals surface area contributed by atoms with E-state index in [1.54, 1.807) is 17.5 Å². The Bertz CT molecular complexity index is 981. The number of nitrogens with zero attached hydrogens (tertiary/aromatic N) is 4. The monoisotopic (exact) mass is 411 g/mol. The van der Waals surface area contributed by atoms with Crippen LogP contribution in [0.1, 0.15) is 10.5 Å². The number of rotatable bonds is 4. The lowest BCUT2D eigenvalue weighted by atomic mass is 10.1. The number of carbonyl (C=O) groups is 1. The minimum Gasteiger partial charge on any atom is -0.378 e. The van der Waals surface area contributed by atoms with E-state index in [0.717, 1.165) is 4.68 Å². The molecule has 11 heteroatoms. The molecule has 1 fully saturated rings. The lowest BCUT2D eigenvalue weighted by Gasteiger charge is -2.29. The van der Waals surface area contributed by atoms with Gasteiger partial charge in [-0.1, -0.05) is 6.07 Å². The van der Waals surface area contributed by atoms with Gasteiger partial charge in [-0.25, -0.2) is 4.98 Å². The number of ether oxygens (including phenoxy) is 1. The fraction of sp³-hybridized carbons (Fsp3) is 0.353. The van der Waals surface area contributed by atoms with Gasteiger partial charge in [0.25, 0.3) is 5.91 Å². The molecular formula is C17H16F3N5O2S. The molecule has 0 unspecified atom stereocenters. The number of hydrogen-bond donors (Lipinski definition) is 1. The first-order valence-corrected chi connectivity index (χ1v) is 9.45. The highest BCUT2D eigenvalue weighted by Gasteiger charge is 2.31. The molecule has 0 radical (unpaired) electrons. The first kappa shape index (κ1) is 18.7. The fourth-order valence-electron chi connectivity index (χ4n) is 3.15. The predicted molar refractivity (Wildman–Crippen MR) is 98.9 cm³/mol. The highest BCUT2D eigenvalue weighted by Crippen LogP contribution is 2.35. The minimum atomic E-state index is -4.44. The maximum Gasteiger partial charge on any atom is 0.408 e. The molecule has 0 atom stereocenters.